The van der Waals surface area contributed by atoms with Gasteiger partial charge in [0.05, 0.1) is 11.3 Å². The molecule has 0 aromatic carbocycles. The van der Waals surface area contributed by atoms with Crippen LogP contribution in [0.3, 0.4) is 0 Å². The smallest absolute Gasteiger partial charge is 0.164 e. The lowest BCUT2D eigenvalue weighted by Gasteiger charge is -2.05. The van der Waals surface area contributed by atoms with E-state index in [1.807, 2.05) is 24.7 Å². The summed E-state index contributed by atoms with van der Waals surface area (Å²) in [5.41, 5.74) is 1.51. The number of hydrogen-bond donors (Lipinski definition) is 1. The molecule has 0 fully saturated rings. The Morgan fingerprint density at radius 1 is 1.56 bits per heavy atom. The maximum atomic E-state index is 11.5. The van der Waals surface area contributed by atoms with E-state index in [-0.39, 0.29) is 5.78 Å². The number of anilines is 1. The van der Waals surface area contributed by atoms with Crippen LogP contribution in [0.2, 0.25) is 0 Å². The van der Waals surface area contributed by atoms with E-state index < -0.39 is 0 Å². The van der Waals surface area contributed by atoms with Crippen LogP contribution in [-0.4, -0.2) is 26.3 Å². The first-order valence-corrected chi connectivity index (χ1v) is 6.54. The van der Waals surface area contributed by atoms with E-state index in [9.17, 15) is 4.79 Å². The molecule has 0 aliphatic heterocycles. The van der Waals surface area contributed by atoms with Crippen molar-refractivity contribution in [1.82, 2.24) is 13.9 Å². The molecule has 2 heterocycles. The molecule has 0 saturated heterocycles. The quantitative estimate of drug-likeness (QED) is 0.840. The summed E-state index contributed by atoms with van der Waals surface area (Å²) in [6, 6.07) is 0. The predicted octanol–water partition coefficient (Wildman–Crippen LogP) is 2.04. The summed E-state index contributed by atoms with van der Waals surface area (Å²) in [4.78, 5) is 15.8. The van der Waals surface area contributed by atoms with Gasteiger partial charge >= 0.3 is 0 Å². The number of aryl methyl sites for hydroxylation is 2. The van der Waals surface area contributed by atoms with E-state index in [0.717, 1.165) is 29.5 Å². The number of nitrogens with one attached hydrogen (secondary N) is 1. The fourth-order valence-corrected chi connectivity index (χ4v) is 2.70. The van der Waals surface area contributed by atoms with E-state index in [4.69, 9.17) is 0 Å². The van der Waals surface area contributed by atoms with Gasteiger partial charge in [0.15, 0.2) is 5.78 Å². The lowest BCUT2D eigenvalue weighted by molar-refractivity contribution is 0.101. The highest BCUT2D eigenvalue weighted by atomic mass is 32.1. The molecule has 0 aliphatic carbocycles. The molecular weight excluding hydrogens is 248 g/mol. The molecule has 18 heavy (non-hydrogen) atoms. The maximum Gasteiger partial charge on any atom is 0.164 e. The van der Waals surface area contributed by atoms with Crippen molar-refractivity contribution in [3.63, 3.8) is 0 Å². The van der Waals surface area contributed by atoms with Crippen molar-refractivity contribution in [2.75, 3.05) is 11.9 Å². The number of carbonyl (C=O) groups is 1. The molecular formula is C12H16N4OS. The van der Waals surface area contributed by atoms with Crippen molar-refractivity contribution in [3.05, 3.63) is 29.5 Å². The minimum Gasteiger partial charge on any atom is -0.375 e. The van der Waals surface area contributed by atoms with Crippen LogP contribution in [0.25, 0.3) is 0 Å². The van der Waals surface area contributed by atoms with Crippen LogP contribution in [0.4, 0.5) is 5.00 Å². The van der Waals surface area contributed by atoms with Crippen LogP contribution in [0.1, 0.15) is 28.8 Å². The molecule has 96 valence electrons. The lowest BCUT2D eigenvalue weighted by Crippen LogP contribution is -2.09. The average molecular weight is 264 g/mol. The van der Waals surface area contributed by atoms with Gasteiger partial charge in [0.25, 0.3) is 0 Å². The van der Waals surface area contributed by atoms with E-state index in [1.165, 1.54) is 11.5 Å². The molecule has 0 unspecified atom stereocenters. The lowest BCUT2D eigenvalue weighted by atomic mass is 10.2. The van der Waals surface area contributed by atoms with Gasteiger partial charge in [0.1, 0.15) is 10.8 Å². The van der Waals surface area contributed by atoms with Crippen LogP contribution in [0.5, 0.6) is 0 Å². The Morgan fingerprint density at radius 2 is 2.33 bits per heavy atom. The molecule has 5 nitrogen and oxygen atoms in total. The average Bonchev–Trinajstić information content (AvgIpc) is 2.86. The maximum absolute atomic E-state index is 11.5. The largest absolute Gasteiger partial charge is 0.375 e. The molecule has 2 rings (SSSR count). The van der Waals surface area contributed by atoms with E-state index >= 15 is 0 Å². The third kappa shape index (κ3) is 2.59. The summed E-state index contributed by atoms with van der Waals surface area (Å²) < 4.78 is 6.20. The molecule has 2 aromatic heterocycles. The zero-order chi connectivity index (χ0) is 13.1. The van der Waals surface area contributed by atoms with Crippen molar-refractivity contribution in [3.8, 4) is 0 Å². The normalized spacial score (nSPS) is 10.6. The summed E-state index contributed by atoms with van der Waals surface area (Å²) >= 11 is 1.34. The van der Waals surface area contributed by atoms with Gasteiger partial charge in [-0.1, -0.05) is 0 Å². The van der Waals surface area contributed by atoms with Crippen LogP contribution in [-0.2, 0) is 13.5 Å². The number of aromatic nitrogens is 3. The first kappa shape index (κ1) is 12.8. The molecule has 0 amide bonds. The first-order chi connectivity index (χ1) is 8.59. The summed E-state index contributed by atoms with van der Waals surface area (Å²) in [5.74, 6) is 1.08. The van der Waals surface area contributed by atoms with Gasteiger partial charge in [-0.2, -0.15) is 4.37 Å². The molecule has 0 bridgehead atoms. The number of ketones is 1. The van der Waals surface area contributed by atoms with Crippen molar-refractivity contribution in [2.24, 2.45) is 7.05 Å². The second-order valence-electron chi connectivity index (χ2n) is 4.16. The molecule has 0 spiro atoms. The SMILES string of the molecule is CC(=O)c1c(C)nsc1NCCc1nccn1C. The third-order valence-corrected chi connectivity index (χ3v) is 3.67. The summed E-state index contributed by atoms with van der Waals surface area (Å²) in [6.45, 7) is 4.17. The second-order valence-corrected chi connectivity index (χ2v) is 4.93. The topological polar surface area (TPSA) is 59.8 Å². The van der Waals surface area contributed by atoms with E-state index in [2.05, 4.69) is 14.7 Å². The van der Waals surface area contributed by atoms with Gasteiger partial charge in [0.2, 0.25) is 0 Å². The molecule has 0 saturated carbocycles. The third-order valence-electron chi connectivity index (χ3n) is 2.77. The molecule has 0 aliphatic rings. The fourth-order valence-electron chi connectivity index (χ4n) is 1.83. The molecule has 0 radical (unpaired) electrons. The Kier molecular flexibility index (Phi) is 3.76. The fraction of sp³-hybridized carbons (Fsp3) is 0.417. The summed E-state index contributed by atoms with van der Waals surface area (Å²) in [5, 5.41) is 4.12. The van der Waals surface area contributed by atoms with Gasteiger partial charge in [-0.3, -0.25) is 4.79 Å². The van der Waals surface area contributed by atoms with Crippen LogP contribution < -0.4 is 5.32 Å². The summed E-state index contributed by atoms with van der Waals surface area (Å²) in [6.07, 6.45) is 4.53. The van der Waals surface area contributed by atoms with E-state index in [1.54, 1.807) is 13.1 Å². The standard InChI is InChI=1S/C12H16N4OS/c1-8-11(9(2)17)12(18-15-8)14-5-4-10-13-6-7-16(10)3/h6-7,14H,4-5H2,1-3H3. The van der Waals surface area contributed by atoms with Gasteiger partial charge < -0.3 is 9.88 Å². The highest BCUT2D eigenvalue weighted by molar-refractivity contribution is 7.10. The Morgan fingerprint density at radius 3 is 2.94 bits per heavy atom. The number of carbonyl (C=O) groups excluding carboxylic acids is 1. The number of imidazole rings is 1. The Bertz CT molecular complexity index is 558. The Hall–Kier alpha value is -1.69. The highest BCUT2D eigenvalue weighted by Crippen LogP contribution is 2.24. The van der Waals surface area contributed by atoms with Crippen LogP contribution in [0, 0.1) is 6.92 Å². The van der Waals surface area contributed by atoms with Gasteiger partial charge in [-0.25, -0.2) is 4.98 Å². The van der Waals surface area contributed by atoms with Crippen molar-refractivity contribution >= 4 is 22.3 Å². The van der Waals surface area contributed by atoms with Gasteiger partial charge in [0, 0.05) is 32.4 Å². The van der Waals surface area contributed by atoms with Crippen LogP contribution >= 0.6 is 11.5 Å². The minimum atomic E-state index is 0.0562. The van der Waals surface area contributed by atoms with Gasteiger partial charge in [-0.05, 0) is 25.4 Å². The van der Waals surface area contributed by atoms with Gasteiger partial charge in [-0.15, -0.1) is 0 Å². The molecule has 6 heteroatoms. The monoisotopic (exact) mass is 264 g/mol. The van der Waals surface area contributed by atoms with Crippen molar-refractivity contribution in [1.29, 1.82) is 0 Å². The Labute approximate surface area is 110 Å². The van der Waals surface area contributed by atoms with Crippen LogP contribution in [0.15, 0.2) is 12.4 Å². The Balaban J connectivity index is 1.99. The predicted molar refractivity (Wildman–Crippen MR) is 72.3 cm³/mol. The highest BCUT2D eigenvalue weighted by Gasteiger charge is 2.14. The molecule has 2 aromatic rings. The first-order valence-electron chi connectivity index (χ1n) is 5.77. The number of Topliss-reactive ketones (excluding diaryl/α,β-unsaturated/α-hetero) is 1. The minimum absolute atomic E-state index is 0.0562. The zero-order valence-electron chi connectivity index (χ0n) is 10.7. The number of rotatable bonds is 5. The van der Waals surface area contributed by atoms with E-state index in [0.29, 0.717) is 5.56 Å². The summed E-state index contributed by atoms with van der Waals surface area (Å²) in [7, 11) is 1.97. The zero-order valence-corrected chi connectivity index (χ0v) is 11.5. The second kappa shape index (κ2) is 5.30. The molecule has 1 N–H and O–H groups in total. The molecule has 0 atom stereocenters. The van der Waals surface area contributed by atoms with Crippen molar-refractivity contribution < 1.29 is 4.79 Å². The number of nitrogens with zero attached hydrogens (tertiary/aromatic N) is 3. The number of hydrogen-bond acceptors (Lipinski definition) is 5. The van der Waals surface area contributed by atoms with Crippen molar-refractivity contribution in [2.45, 2.75) is 20.3 Å².